The van der Waals surface area contributed by atoms with E-state index in [1.807, 2.05) is 46.7 Å². The number of rotatable bonds is 7. The van der Waals surface area contributed by atoms with Crippen LogP contribution in [-0.2, 0) is 11.3 Å². The van der Waals surface area contributed by atoms with Gasteiger partial charge in [-0.05, 0) is 47.4 Å². The minimum Gasteiger partial charge on any atom is -0.353 e. The first-order valence-corrected chi connectivity index (χ1v) is 13.9. The van der Waals surface area contributed by atoms with Crippen LogP contribution in [0.3, 0.4) is 0 Å². The van der Waals surface area contributed by atoms with Crippen LogP contribution in [0.25, 0.3) is 0 Å². The zero-order chi connectivity index (χ0) is 25.1. The highest BCUT2D eigenvalue weighted by Gasteiger charge is 2.45. The van der Waals surface area contributed by atoms with Crippen LogP contribution in [0.5, 0.6) is 0 Å². The summed E-state index contributed by atoms with van der Waals surface area (Å²) in [5, 5.41) is 5.43. The fraction of sp³-hybridized carbons (Fsp3) is 0.400. The van der Waals surface area contributed by atoms with E-state index in [1.165, 1.54) is 5.56 Å². The number of thiophene rings is 1. The fourth-order valence-electron chi connectivity index (χ4n) is 5.61. The van der Waals surface area contributed by atoms with E-state index in [4.69, 9.17) is 0 Å². The van der Waals surface area contributed by atoms with Crippen LogP contribution in [-0.4, -0.2) is 47.3 Å². The van der Waals surface area contributed by atoms with Crippen molar-refractivity contribution in [3.63, 3.8) is 0 Å². The molecule has 1 saturated heterocycles. The minimum absolute atomic E-state index is 0.0240. The van der Waals surface area contributed by atoms with Gasteiger partial charge in [-0.2, -0.15) is 0 Å². The van der Waals surface area contributed by atoms with Crippen LogP contribution in [0.4, 0.5) is 0 Å². The Labute approximate surface area is 218 Å². The average molecular weight is 502 g/mol. The number of fused-ring (bicyclic) bond motifs is 1. The van der Waals surface area contributed by atoms with Crippen LogP contribution >= 0.6 is 11.3 Å². The summed E-state index contributed by atoms with van der Waals surface area (Å²) in [6, 6.07) is 22.2. The SMILES string of the molecule is CC(C)CN1C(=O)c2ccccc2[C@H](C(=O)NC2CCN(Cc3ccccc3)CC2)[C@@H]1c1cccs1. The maximum Gasteiger partial charge on any atom is 0.254 e. The fourth-order valence-corrected chi connectivity index (χ4v) is 6.49. The van der Waals surface area contributed by atoms with Gasteiger partial charge >= 0.3 is 0 Å². The van der Waals surface area contributed by atoms with Crippen LogP contribution < -0.4 is 5.32 Å². The van der Waals surface area contributed by atoms with Gasteiger partial charge in [0, 0.05) is 42.7 Å². The molecule has 3 heterocycles. The number of nitrogens with one attached hydrogen (secondary N) is 1. The van der Waals surface area contributed by atoms with Gasteiger partial charge in [0.25, 0.3) is 5.91 Å². The van der Waals surface area contributed by atoms with Crippen molar-refractivity contribution in [2.45, 2.75) is 51.2 Å². The number of benzene rings is 2. The Morgan fingerprint density at radius 1 is 1.00 bits per heavy atom. The van der Waals surface area contributed by atoms with Crippen molar-refractivity contribution in [2.75, 3.05) is 19.6 Å². The molecule has 2 amide bonds. The van der Waals surface area contributed by atoms with Gasteiger partial charge < -0.3 is 10.2 Å². The number of nitrogens with zero attached hydrogens (tertiary/aromatic N) is 2. The van der Waals surface area contributed by atoms with Crippen molar-refractivity contribution in [3.8, 4) is 0 Å². The van der Waals surface area contributed by atoms with Crippen molar-refractivity contribution >= 4 is 23.2 Å². The predicted octanol–water partition coefficient (Wildman–Crippen LogP) is 5.47. The summed E-state index contributed by atoms with van der Waals surface area (Å²) in [6.07, 6.45) is 1.87. The molecule has 3 aromatic rings. The summed E-state index contributed by atoms with van der Waals surface area (Å²) >= 11 is 1.62. The molecule has 6 heteroatoms. The second-order valence-corrected chi connectivity index (χ2v) is 11.4. The molecule has 2 atom stereocenters. The van der Waals surface area contributed by atoms with Gasteiger partial charge in [-0.15, -0.1) is 11.3 Å². The van der Waals surface area contributed by atoms with Crippen LogP contribution in [0, 0.1) is 5.92 Å². The Hall–Kier alpha value is -2.96. The highest BCUT2D eigenvalue weighted by Crippen LogP contribution is 2.44. The Morgan fingerprint density at radius 3 is 2.42 bits per heavy atom. The summed E-state index contributed by atoms with van der Waals surface area (Å²) in [6.45, 7) is 7.75. The first-order valence-electron chi connectivity index (χ1n) is 13.0. The maximum atomic E-state index is 14.0. The number of hydrogen-bond acceptors (Lipinski definition) is 4. The van der Waals surface area contributed by atoms with Gasteiger partial charge in [0.05, 0.1) is 12.0 Å². The molecule has 1 fully saturated rings. The number of amides is 2. The Balaban J connectivity index is 1.36. The van der Waals surface area contributed by atoms with E-state index in [1.54, 1.807) is 11.3 Å². The molecule has 1 aromatic heterocycles. The Bertz CT molecular complexity index is 1170. The number of hydrogen-bond donors (Lipinski definition) is 1. The molecule has 5 rings (SSSR count). The molecule has 36 heavy (non-hydrogen) atoms. The van der Waals surface area contributed by atoms with E-state index < -0.39 is 5.92 Å². The molecule has 1 N–H and O–H groups in total. The molecule has 0 unspecified atom stereocenters. The van der Waals surface area contributed by atoms with E-state index in [2.05, 4.69) is 54.4 Å². The van der Waals surface area contributed by atoms with Gasteiger partial charge in [-0.1, -0.05) is 68.4 Å². The largest absolute Gasteiger partial charge is 0.353 e. The van der Waals surface area contributed by atoms with E-state index >= 15 is 0 Å². The molecule has 2 aliphatic heterocycles. The van der Waals surface area contributed by atoms with Gasteiger partial charge in [-0.3, -0.25) is 14.5 Å². The summed E-state index contributed by atoms with van der Waals surface area (Å²) < 4.78 is 0. The molecule has 0 spiro atoms. The standard InChI is InChI=1S/C30H35N3O2S/c1-21(2)19-33-28(26-13-8-18-36-26)27(24-11-6-7-12-25(24)30(33)35)29(34)31-23-14-16-32(17-15-23)20-22-9-4-3-5-10-22/h3-13,18,21,23,27-28H,14-17,19-20H2,1-2H3,(H,31,34)/t27-,28-/m0/s1. The van der Waals surface area contributed by atoms with Crippen molar-refractivity contribution in [2.24, 2.45) is 5.92 Å². The summed E-state index contributed by atoms with van der Waals surface area (Å²) in [5.74, 6) is -0.0578. The first kappa shape index (κ1) is 24.7. The van der Waals surface area contributed by atoms with Crippen molar-refractivity contribution < 1.29 is 9.59 Å². The minimum atomic E-state index is -0.418. The van der Waals surface area contributed by atoms with E-state index in [9.17, 15) is 9.59 Å². The molecule has 0 saturated carbocycles. The lowest BCUT2D eigenvalue weighted by molar-refractivity contribution is -0.125. The molecule has 0 bridgehead atoms. The van der Waals surface area contributed by atoms with Gasteiger partial charge in [-0.25, -0.2) is 0 Å². The number of piperidine rings is 1. The number of carbonyl (C=O) groups is 2. The maximum absolute atomic E-state index is 14.0. The third-order valence-corrected chi connectivity index (χ3v) is 8.24. The molecular weight excluding hydrogens is 466 g/mol. The van der Waals surface area contributed by atoms with Crippen molar-refractivity contribution in [3.05, 3.63) is 93.7 Å². The first-order chi connectivity index (χ1) is 17.5. The van der Waals surface area contributed by atoms with Gasteiger partial charge in [0.1, 0.15) is 0 Å². The number of carbonyl (C=O) groups excluding carboxylic acids is 2. The highest BCUT2D eigenvalue weighted by atomic mass is 32.1. The molecule has 188 valence electrons. The monoisotopic (exact) mass is 501 g/mol. The smallest absolute Gasteiger partial charge is 0.254 e. The van der Waals surface area contributed by atoms with E-state index in [0.29, 0.717) is 18.0 Å². The Morgan fingerprint density at radius 2 is 1.72 bits per heavy atom. The normalized spacial score (nSPS) is 21.0. The third kappa shape index (κ3) is 5.25. The highest BCUT2D eigenvalue weighted by molar-refractivity contribution is 7.10. The van der Waals surface area contributed by atoms with Crippen molar-refractivity contribution in [1.29, 1.82) is 0 Å². The molecular formula is C30H35N3O2S. The van der Waals surface area contributed by atoms with Crippen LogP contribution in [0.15, 0.2) is 72.1 Å². The van der Waals surface area contributed by atoms with Crippen LogP contribution in [0.2, 0.25) is 0 Å². The summed E-state index contributed by atoms with van der Waals surface area (Å²) in [4.78, 5) is 33.0. The molecule has 0 aliphatic carbocycles. The lowest BCUT2D eigenvalue weighted by atomic mass is 9.80. The predicted molar refractivity (Wildman–Crippen MR) is 145 cm³/mol. The van der Waals surface area contributed by atoms with Crippen LogP contribution in [0.1, 0.15) is 65.0 Å². The topological polar surface area (TPSA) is 52.7 Å². The third-order valence-electron chi connectivity index (χ3n) is 7.30. The van der Waals surface area contributed by atoms with Crippen molar-refractivity contribution in [1.82, 2.24) is 15.1 Å². The summed E-state index contributed by atoms with van der Waals surface area (Å²) in [7, 11) is 0. The lowest BCUT2D eigenvalue weighted by Gasteiger charge is -2.42. The zero-order valence-corrected chi connectivity index (χ0v) is 21.9. The Kier molecular flexibility index (Phi) is 7.54. The molecule has 2 aromatic carbocycles. The number of likely N-dealkylation sites (tertiary alicyclic amines) is 1. The quantitative estimate of drug-likeness (QED) is 0.467. The molecule has 2 aliphatic rings. The second kappa shape index (κ2) is 11.0. The van der Waals surface area contributed by atoms with Gasteiger partial charge in [0.15, 0.2) is 0 Å². The molecule has 0 radical (unpaired) electrons. The van der Waals surface area contributed by atoms with E-state index in [-0.39, 0.29) is 23.9 Å². The summed E-state index contributed by atoms with van der Waals surface area (Å²) in [5.41, 5.74) is 2.83. The second-order valence-electron chi connectivity index (χ2n) is 10.4. The van der Waals surface area contributed by atoms with Gasteiger partial charge in [0.2, 0.25) is 5.91 Å². The van der Waals surface area contributed by atoms with E-state index in [0.717, 1.165) is 42.9 Å². The lowest BCUT2D eigenvalue weighted by Crippen LogP contribution is -2.51. The average Bonchev–Trinajstić information content (AvgIpc) is 3.42. The zero-order valence-electron chi connectivity index (χ0n) is 21.1. The molecule has 5 nitrogen and oxygen atoms in total.